The van der Waals surface area contributed by atoms with E-state index in [-0.39, 0.29) is 5.91 Å². The van der Waals surface area contributed by atoms with Gasteiger partial charge in [-0.25, -0.2) is 9.97 Å². The smallest absolute Gasteiger partial charge is 0.257 e. The molecule has 3 heterocycles. The zero-order valence-corrected chi connectivity index (χ0v) is 19.3. The summed E-state index contributed by atoms with van der Waals surface area (Å²) in [6.07, 6.45) is 6.12. The Hall–Kier alpha value is -2.51. The maximum Gasteiger partial charge on any atom is 0.257 e. The van der Waals surface area contributed by atoms with Gasteiger partial charge in [0.15, 0.2) is 0 Å². The van der Waals surface area contributed by atoms with Crippen LogP contribution in [-0.4, -0.2) is 72.2 Å². The van der Waals surface area contributed by atoms with Crippen molar-refractivity contribution in [1.29, 1.82) is 0 Å². The molecule has 1 aromatic heterocycles. The maximum absolute atomic E-state index is 12.7. The number of aromatic nitrogens is 2. The number of benzene rings is 1. The van der Waals surface area contributed by atoms with Crippen molar-refractivity contribution in [2.75, 3.05) is 46.5 Å². The Bertz CT molecular complexity index is 914. The molecule has 1 aromatic carbocycles. The van der Waals surface area contributed by atoms with Crippen LogP contribution in [0.3, 0.4) is 0 Å². The van der Waals surface area contributed by atoms with Gasteiger partial charge in [-0.05, 0) is 56.8 Å². The molecule has 7 heteroatoms. The summed E-state index contributed by atoms with van der Waals surface area (Å²) in [4.78, 5) is 26.5. The molecule has 2 aromatic rings. The largest absolute Gasteiger partial charge is 0.491 e. The molecule has 0 unspecified atom stereocenters. The molecule has 0 spiro atoms. The fraction of sp³-hybridized carbons (Fsp3) is 0.560. The second-order valence-electron chi connectivity index (χ2n) is 8.79. The zero-order chi connectivity index (χ0) is 22.3. The minimum absolute atomic E-state index is 0.0735. The lowest BCUT2D eigenvalue weighted by Crippen LogP contribution is -2.35. The van der Waals surface area contributed by atoms with Crippen molar-refractivity contribution in [3.05, 3.63) is 53.1 Å². The fourth-order valence-electron chi connectivity index (χ4n) is 4.63. The Labute approximate surface area is 190 Å². The molecule has 2 aliphatic rings. The number of methoxy groups -OCH3 is 1. The van der Waals surface area contributed by atoms with Crippen LogP contribution in [0.15, 0.2) is 30.5 Å². The number of rotatable bonds is 8. The summed E-state index contributed by atoms with van der Waals surface area (Å²) in [5, 5.41) is 0. The number of nitrogens with zero attached hydrogens (tertiary/aromatic N) is 4. The fourth-order valence-corrected chi connectivity index (χ4v) is 4.63. The first-order valence-corrected chi connectivity index (χ1v) is 11.7. The van der Waals surface area contributed by atoms with Gasteiger partial charge in [0.25, 0.3) is 5.91 Å². The predicted molar refractivity (Wildman–Crippen MR) is 123 cm³/mol. The summed E-state index contributed by atoms with van der Waals surface area (Å²) in [5.74, 6) is 2.11. The predicted octanol–water partition coefficient (Wildman–Crippen LogP) is 3.43. The number of piperidine rings is 1. The van der Waals surface area contributed by atoms with E-state index in [1.807, 2.05) is 24.0 Å². The van der Waals surface area contributed by atoms with Crippen LogP contribution in [0.5, 0.6) is 5.75 Å². The first kappa shape index (κ1) is 22.7. The number of hydrogen-bond donors (Lipinski definition) is 0. The second kappa shape index (κ2) is 10.9. The van der Waals surface area contributed by atoms with E-state index in [0.717, 1.165) is 75.7 Å². The van der Waals surface area contributed by atoms with Gasteiger partial charge in [0, 0.05) is 45.4 Å². The molecule has 32 heavy (non-hydrogen) atoms. The molecule has 4 rings (SSSR count). The molecule has 0 radical (unpaired) electrons. The lowest BCUT2D eigenvalue weighted by Gasteiger charge is -2.32. The summed E-state index contributed by atoms with van der Waals surface area (Å²) < 4.78 is 10.8. The number of likely N-dealkylation sites (tertiary alicyclic amines) is 2. The number of aryl methyl sites for hydroxylation is 1. The summed E-state index contributed by atoms with van der Waals surface area (Å²) in [5.41, 5.74) is 2.68. The van der Waals surface area contributed by atoms with Crippen molar-refractivity contribution < 1.29 is 14.3 Å². The molecule has 2 aliphatic heterocycles. The first-order chi connectivity index (χ1) is 15.6. The van der Waals surface area contributed by atoms with Crippen LogP contribution in [0.2, 0.25) is 0 Å². The maximum atomic E-state index is 12.7. The van der Waals surface area contributed by atoms with Crippen LogP contribution < -0.4 is 4.74 Å². The van der Waals surface area contributed by atoms with Crippen molar-refractivity contribution in [1.82, 2.24) is 19.8 Å². The molecule has 7 nitrogen and oxygen atoms in total. The van der Waals surface area contributed by atoms with E-state index in [1.54, 1.807) is 13.3 Å². The highest BCUT2D eigenvalue weighted by Gasteiger charge is 2.26. The van der Waals surface area contributed by atoms with Gasteiger partial charge < -0.3 is 14.4 Å². The Kier molecular flexibility index (Phi) is 7.71. The SMILES string of the molecule is COCCOc1cccc(CN2CCC[C@H](c3ncc(C(=O)N4CCCC4)c(C)n3)C2)c1. The van der Waals surface area contributed by atoms with E-state index < -0.39 is 0 Å². The molecular formula is C25H34N4O3. The molecule has 1 amide bonds. The Morgan fingerprint density at radius 3 is 2.78 bits per heavy atom. The van der Waals surface area contributed by atoms with Gasteiger partial charge in [-0.1, -0.05) is 12.1 Å². The average molecular weight is 439 g/mol. The highest BCUT2D eigenvalue weighted by atomic mass is 16.5. The van der Waals surface area contributed by atoms with E-state index >= 15 is 0 Å². The second-order valence-corrected chi connectivity index (χ2v) is 8.79. The van der Waals surface area contributed by atoms with E-state index in [2.05, 4.69) is 22.0 Å². The molecule has 0 saturated carbocycles. The summed E-state index contributed by atoms with van der Waals surface area (Å²) in [7, 11) is 1.68. The van der Waals surface area contributed by atoms with Crippen LogP contribution in [0, 0.1) is 6.92 Å². The topological polar surface area (TPSA) is 67.8 Å². The van der Waals surface area contributed by atoms with Gasteiger partial charge in [0.1, 0.15) is 18.2 Å². The highest BCUT2D eigenvalue weighted by Crippen LogP contribution is 2.27. The monoisotopic (exact) mass is 438 g/mol. The third kappa shape index (κ3) is 5.64. The Morgan fingerprint density at radius 2 is 2.00 bits per heavy atom. The van der Waals surface area contributed by atoms with Gasteiger partial charge in [-0.3, -0.25) is 9.69 Å². The third-order valence-corrected chi connectivity index (χ3v) is 6.35. The molecule has 172 valence electrons. The molecule has 0 aliphatic carbocycles. The van der Waals surface area contributed by atoms with Gasteiger partial charge in [-0.15, -0.1) is 0 Å². The Morgan fingerprint density at radius 1 is 1.16 bits per heavy atom. The highest BCUT2D eigenvalue weighted by molar-refractivity contribution is 5.95. The number of amides is 1. The van der Waals surface area contributed by atoms with Crippen LogP contribution >= 0.6 is 0 Å². The van der Waals surface area contributed by atoms with Crippen molar-refractivity contribution in [2.45, 2.75) is 45.1 Å². The molecule has 1 atom stereocenters. The van der Waals surface area contributed by atoms with Gasteiger partial charge in [-0.2, -0.15) is 0 Å². The van der Waals surface area contributed by atoms with Gasteiger partial charge in [0.2, 0.25) is 0 Å². The quantitative estimate of drug-likeness (QED) is 0.589. The first-order valence-electron chi connectivity index (χ1n) is 11.7. The van der Waals surface area contributed by atoms with E-state index in [9.17, 15) is 4.79 Å². The van der Waals surface area contributed by atoms with E-state index in [4.69, 9.17) is 14.5 Å². The normalized spacial score (nSPS) is 19.3. The molecule has 0 N–H and O–H groups in total. The van der Waals surface area contributed by atoms with Crippen LogP contribution in [-0.2, 0) is 11.3 Å². The van der Waals surface area contributed by atoms with E-state index in [0.29, 0.717) is 24.7 Å². The van der Waals surface area contributed by atoms with Crippen molar-refractivity contribution in [2.24, 2.45) is 0 Å². The standard InChI is InChI=1S/C25H34N4O3/c1-19-23(25(30)29-11-3-4-12-29)16-26-24(27-19)21-8-6-10-28(18-21)17-20-7-5-9-22(15-20)32-14-13-31-2/h5,7,9,15-16,21H,3-4,6,8,10-14,17-18H2,1-2H3/t21-/m0/s1. The number of carbonyl (C=O) groups is 1. The van der Waals surface area contributed by atoms with E-state index in [1.165, 1.54) is 5.56 Å². The molecule has 2 saturated heterocycles. The molecule has 0 bridgehead atoms. The van der Waals surface area contributed by atoms with Crippen LogP contribution in [0.1, 0.15) is 59.0 Å². The minimum atomic E-state index is 0.0735. The van der Waals surface area contributed by atoms with Crippen LogP contribution in [0.4, 0.5) is 0 Å². The lowest BCUT2D eigenvalue weighted by molar-refractivity contribution is 0.0791. The summed E-state index contributed by atoms with van der Waals surface area (Å²) >= 11 is 0. The molecular weight excluding hydrogens is 404 g/mol. The Balaban J connectivity index is 1.38. The van der Waals surface area contributed by atoms with Crippen molar-refractivity contribution >= 4 is 5.91 Å². The number of ether oxygens (including phenoxy) is 2. The lowest BCUT2D eigenvalue weighted by atomic mass is 9.96. The number of carbonyl (C=O) groups excluding carboxylic acids is 1. The van der Waals surface area contributed by atoms with Gasteiger partial charge >= 0.3 is 0 Å². The van der Waals surface area contributed by atoms with Gasteiger partial charge in [0.05, 0.1) is 17.9 Å². The van der Waals surface area contributed by atoms with Crippen molar-refractivity contribution in [3.8, 4) is 5.75 Å². The third-order valence-electron chi connectivity index (χ3n) is 6.35. The minimum Gasteiger partial charge on any atom is -0.491 e. The summed E-state index contributed by atoms with van der Waals surface area (Å²) in [6.45, 7) is 7.63. The molecule has 2 fully saturated rings. The van der Waals surface area contributed by atoms with Crippen molar-refractivity contribution in [3.63, 3.8) is 0 Å². The number of hydrogen-bond acceptors (Lipinski definition) is 6. The average Bonchev–Trinajstić information content (AvgIpc) is 3.34. The zero-order valence-electron chi connectivity index (χ0n) is 19.3. The van der Waals surface area contributed by atoms with Crippen LogP contribution in [0.25, 0.3) is 0 Å². The summed E-state index contributed by atoms with van der Waals surface area (Å²) in [6, 6.07) is 8.28.